The van der Waals surface area contributed by atoms with Crippen LogP contribution in [0.2, 0.25) is 0 Å². The number of aliphatic carboxylic acids is 1. The molecule has 0 amide bonds. The molecule has 1 aliphatic heterocycles. The van der Waals surface area contributed by atoms with Crippen LogP contribution in [0.3, 0.4) is 0 Å². The third-order valence-corrected chi connectivity index (χ3v) is 4.24. The van der Waals surface area contributed by atoms with Crippen molar-refractivity contribution < 1.29 is 9.90 Å². The highest BCUT2D eigenvalue weighted by molar-refractivity contribution is 5.70. The van der Waals surface area contributed by atoms with Crippen LogP contribution in [0.1, 0.15) is 38.2 Å². The fourth-order valence-corrected chi connectivity index (χ4v) is 2.87. The molecule has 0 bridgehead atoms. The van der Waals surface area contributed by atoms with E-state index < -0.39 is 5.97 Å². The molecule has 3 heteroatoms. The molecule has 104 valence electrons. The Morgan fingerprint density at radius 3 is 2.68 bits per heavy atom. The van der Waals surface area contributed by atoms with Crippen molar-refractivity contribution in [3.05, 3.63) is 35.9 Å². The minimum atomic E-state index is -0.649. The van der Waals surface area contributed by atoms with Crippen molar-refractivity contribution in [3.8, 4) is 0 Å². The Morgan fingerprint density at radius 2 is 2.05 bits per heavy atom. The van der Waals surface area contributed by atoms with Gasteiger partial charge in [-0.25, -0.2) is 0 Å². The Hall–Kier alpha value is -1.35. The van der Waals surface area contributed by atoms with Crippen LogP contribution in [0.15, 0.2) is 30.3 Å². The van der Waals surface area contributed by atoms with Crippen molar-refractivity contribution in [2.45, 2.75) is 38.6 Å². The first kappa shape index (κ1) is 14.1. The Morgan fingerprint density at radius 1 is 1.37 bits per heavy atom. The summed E-state index contributed by atoms with van der Waals surface area (Å²) in [4.78, 5) is 13.5. The van der Waals surface area contributed by atoms with Crippen LogP contribution >= 0.6 is 0 Å². The largest absolute Gasteiger partial charge is 0.481 e. The van der Waals surface area contributed by atoms with Gasteiger partial charge in [-0.05, 0) is 31.2 Å². The van der Waals surface area contributed by atoms with Crippen molar-refractivity contribution in [2.75, 3.05) is 13.1 Å². The lowest BCUT2D eigenvalue weighted by molar-refractivity contribution is -0.144. The number of carboxylic acids is 1. The van der Waals surface area contributed by atoms with Crippen molar-refractivity contribution in [2.24, 2.45) is 5.92 Å². The van der Waals surface area contributed by atoms with Crippen LogP contribution < -0.4 is 0 Å². The second kappa shape index (κ2) is 6.20. The number of carboxylic acid groups (broad SMARTS) is 1. The summed E-state index contributed by atoms with van der Waals surface area (Å²) in [6, 6.07) is 10.9. The van der Waals surface area contributed by atoms with Gasteiger partial charge in [0.2, 0.25) is 0 Å². The maximum absolute atomic E-state index is 11.1. The SMILES string of the molecule is CC(CN1CC(C(=O)O)CCC1C)c1ccccc1. The predicted molar refractivity (Wildman–Crippen MR) is 76.3 cm³/mol. The lowest BCUT2D eigenvalue weighted by Gasteiger charge is -2.38. The van der Waals surface area contributed by atoms with Crippen LogP contribution in [0.25, 0.3) is 0 Å². The molecule has 1 aliphatic rings. The zero-order valence-electron chi connectivity index (χ0n) is 11.7. The Balaban J connectivity index is 1.98. The van der Waals surface area contributed by atoms with E-state index in [1.165, 1.54) is 5.56 Å². The minimum Gasteiger partial charge on any atom is -0.481 e. The van der Waals surface area contributed by atoms with Gasteiger partial charge in [0.15, 0.2) is 0 Å². The number of likely N-dealkylation sites (tertiary alicyclic amines) is 1. The maximum Gasteiger partial charge on any atom is 0.307 e. The van der Waals surface area contributed by atoms with Gasteiger partial charge >= 0.3 is 5.97 Å². The van der Waals surface area contributed by atoms with Crippen LogP contribution in [0.5, 0.6) is 0 Å². The lowest BCUT2D eigenvalue weighted by atomic mass is 9.91. The van der Waals surface area contributed by atoms with E-state index in [1.807, 2.05) is 6.07 Å². The highest BCUT2D eigenvalue weighted by Crippen LogP contribution is 2.25. The first-order valence-corrected chi connectivity index (χ1v) is 7.09. The molecule has 19 heavy (non-hydrogen) atoms. The molecule has 1 aromatic rings. The second-order valence-corrected chi connectivity index (χ2v) is 5.73. The summed E-state index contributed by atoms with van der Waals surface area (Å²) in [7, 11) is 0. The fraction of sp³-hybridized carbons (Fsp3) is 0.562. The van der Waals surface area contributed by atoms with Crippen LogP contribution in [-0.4, -0.2) is 35.1 Å². The smallest absolute Gasteiger partial charge is 0.307 e. The number of benzene rings is 1. The summed E-state index contributed by atoms with van der Waals surface area (Å²) in [5, 5.41) is 9.17. The van der Waals surface area contributed by atoms with E-state index in [9.17, 15) is 4.79 Å². The summed E-state index contributed by atoms with van der Waals surface area (Å²) in [6.45, 7) is 6.05. The standard InChI is InChI=1S/C16H23NO2/c1-12(14-6-4-3-5-7-14)10-17-11-15(16(18)19)9-8-13(17)2/h3-7,12-13,15H,8-11H2,1-2H3,(H,18,19). The monoisotopic (exact) mass is 261 g/mol. The molecule has 0 radical (unpaired) electrons. The molecule has 0 aromatic heterocycles. The number of hydrogen-bond donors (Lipinski definition) is 1. The van der Waals surface area contributed by atoms with Gasteiger partial charge in [-0.1, -0.05) is 37.3 Å². The fourth-order valence-electron chi connectivity index (χ4n) is 2.87. The van der Waals surface area contributed by atoms with Gasteiger partial charge in [-0.2, -0.15) is 0 Å². The number of carbonyl (C=O) groups is 1. The highest BCUT2D eigenvalue weighted by atomic mass is 16.4. The first-order valence-electron chi connectivity index (χ1n) is 7.09. The van der Waals surface area contributed by atoms with E-state index in [-0.39, 0.29) is 5.92 Å². The molecule has 3 nitrogen and oxygen atoms in total. The molecule has 3 unspecified atom stereocenters. The number of nitrogens with zero attached hydrogens (tertiary/aromatic N) is 1. The predicted octanol–water partition coefficient (Wildman–Crippen LogP) is 2.98. The normalized spacial score (nSPS) is 26.0. The molecule has 2 rings (SSSR count). The molecular formula is C16H23NO2. The van der Waals surface area contributed by atoms with Crippen molar-refractivity contribution in [1.82, 2.24) is 4.90 Å². The highest BCUT2D eigenvalue weighted by Gasteiger charge is 2.30. The van der Waals surface area contributed by atoms with Crippen molar-refractivity contribution in [1.29, 1.82) is 0 Å². The van der Waals surface area contributed by atoms with Gasteiger partial charge in [0.1, 0.15) is 0 Å². The third kappa shape index (κ3) is 3.57. The van der Waals surface area contributed by atoms with Crippen LogP contribution in [-0.2, 0) is 4.79 Å². The molecule has 0 saturated carbocycles. The Kier molecular flexibility index (Phi) is 4.59. The molecule has 0 aliphatic carbocycles. The Bertz CT molecular complexity index is 418. The molecular weight excluding hydrogens is 238 g/mol. The quantitative estimate of drug-likeness (QED) is 0.906. The van der Waals surface area contributed by atoms with E-state index in [0.717, 1.165) is 19.4 Å². The molecule has 1 fully saturated rings. The Labute approximate surface area is 115 Å². The van der Waals surface area contributed by atoms with Gasteiger partial charge in [-0.15, -0.1) is 0 Å². The third-order valence-electron chi connectivity index (χ3n) is 4.24. The first-order chi connectivity index (χ1) is 9.08. The average molecular weight is 261 g/mol. The van der Waals surface area contributed by atoms with Crippen molar-refractivity contribution >= 4 is 5.97 Å². The van der Waals surface area contributed by atoms with Gasteiger partial charge in [0, 0.05) is 19.1 Å². The van der Waals surface area contributed by atoms with E-state index in [2.05, 4.69) is 43.0 Å². The summed E-state index contributed by atoms with van der Waals surface area (Å²) in [5.41, 5.74) is 1.33. The van der Waals surface area contributed by atoms with Crippen LogP contribution in [0.4, 0.5) is 0 Å². The second-order valence-electron chi connectivity index (χ2n) is 5.73. The number of hydrogen-bond acceptors (Lipinski definition) is 2. The van der Waals surface area contributed by atoms with Gasteiger partial charge in [-0.3, -0.25) is 9.69 Å². The molecule has 0 spiro atoms. The summed E-state index contributed by atoms with van der Waals surface area (Å²) in [5.74, 6) is -0.403. The number of piperidine rings is 1. The minimum absolute atomic E-state index is 0.195. The average Bonchev–Trinajstić information content (AvgIpc) is 2.42. The zero-order chi connectivity index (χ0) is 13.8. The van der Waals surface area contributed by atoms with Gasteiger partial charge < -0.3 is 5.11 Å². The molecule has 3 atom stereocenters. The maximum atomic E-state index is 11.1. The molecule has 1 heterocycles. The molecule has 1 saturated heterocycles. The lowest BCUT2D eigenvalue weighted by Crippen LogP contribution is -2.45. The van der Waals surface area contributed by atoms with E-state index in [0.29, 0.717) is 18.5 Å². The van der Waals surface area contributed by atoms with E-state index >= 15 is 0 Å². The molecule has 1 aromatic carbocycles. The topological polar surface area (TPSA) is 40.5 Å². The zero-order valence-corrected chi connectivity index (χ0v) is 11.7. The van der Waals surface area contributed by atoms with E-state index in [4.69, 9.17) is 5.11 Å². The van der Waals surface area contributed by atoms with Crippen LogP contribution in [0, 0.1) is 5.92 Å². The van der Waals surface area contributed by atoms with E-state index in [1.54, 1.807) is 0 Å². The molecule has 1 N–H and O–H groups in total. The summed E-state index contributed by atoms with van der Waals surface area (Å²) >= 11 is 0. The number of rotatable bonds is 4. The van der Waals surface area contributed by atoms with Gasteiger partial charge in [0.25, 0.3) is 0 Å². The summed E-state index contributed by atoms with van der Waals surface area (Å²) < 4.78 is 0. The van der Waals surface area contributed by atoms with Crippen molar-refractivity contribution in [3.63, 3.8) is 0 Å². The summed E-state index contributed by atoms with van der Waals surface area (Å²) in [6.07, 6.45) is 1.80. The van der Waals surface area contributed by atoms with Gasteiger partial charge in [0.05, 0.1) is 5.92 Å².